The number of amides is 1. The third-order valence-corrected chi connectivity index (χ3v) is 6.43. The Morgan fingerprint density at radius 2 is 1.76 bits per heavy atom. The van der Waals surface area contributed by atoms with E-state index in [1.807, 2.05) is 18.2 Å². The van der Waals surface area contributed by atoms with Crippen molar-refractivity contribution in [1.29, 1.82) is 0 Å². The summed E-state index contributed by atoms with van der Waals surface area (Å²) >= 11 is 0. The molecule has 1 atom stereocenters. The van der Waals surface area contributed by atoms with Crippen LogP contribution in [-0.2, 0) is 27.2 Å². The zero-order valence-corrected chi connectivity index (χ0v) is 18.9. The third-order valence-electron chi connectivity index (χ3n) is 6.43. The van der Waals surface area contributed by atoms with Gasteiger partial charge in [0.15, 0.2) is 0 Å². The number of hydrogen-bond donors (Lipinski definition) is 0. The van der Waals surface area contributed by atoms with Gasteiger partial charge in [0.25, 0.3) is 11.5 Å². The van der Waals surface area contributed by atoms with Gasteiger partial charge < -0.3 is 14.4 Å². The second-order valence-corrected chi connectivity index (χ2v) is 8.66. The number of esters is 1. The molecule has 2 aromatic carbocycles. The van der Waals surface area contributed by atoms with E-state index < -0.39 is 12.1 Å². The van der Waals surface area contributed by atoms with Crippen LogP contribution >= 0.6 is 0 Å². The quantitative estimate of drug-likeness (QED) is 0.555. The normalized spacial score (nSPS) is 17.0. The molecular formula is C26H27N3O5. The molecule has 8 nitrogen and oxygen atoms in total. The number of benzene rings is 2. The van der Waals surface area contributed by atoms with E-state index in [1.54, 1.807) is 39.8 Å². The highest BCUT2D eigenvalue weighted by atomic mass is 16.5. The van der Waals surface area contributed by atoms with E-state index in [0.717, 1.165) is 31.5 Å². The monoisotopic (exact) mass is 461 g/mol. The first-order chi connectivity index (χ1) is 16.6. The summed E-state index contributed by atoms with van der Waals surface area (Å²) in [6.07, 6.45) is 2.69. The molecule has 2 aliphatic heterocycles. The fourth-order valence-corrected chi connectivity index (χ4v) is 4.56. The van der Waals surface area contributed by atoms with Gasteiger partial charge in [0.05, 0.1) is 29.7 Å². The average molecular weight is 462 g/mol. The fraction of sp³-hybridized carbons (Fsp3) is 0.385. The molecule has 0 spiro atoms. The van der Waals surface area contributed by atoms with Crippen molar-refractivity contribution in [3.05, 3.63) is 75.8 Å². The molecule has 1 aromatic heterocycles. The third kappa shape index (κ3) is 4.46. The minimum absolute atomic E-state index is 0.0773. The fourth-order valence-electron chi connectivity index (χ4n) is 4.56. The predicted molar refractivity (Wildman–Crippen MR) is 126 cm³/mol. The molecule has 5 rings (SSSR count). The molecule has 1 fully saturated rings. The molecule has 0 N–H and O–H groups in total. The Labute approximate surface area is 197 Å². The zero-order valence-electron chi connectivity index (χ0n) is 18.9. The molecule has 8 heteroatoms. The molecular weight excluding hydrogens is 434 g/mol. The number of nitrogens with zero attached hydrogens (tertiary/aromatic N) is 3. The summed E-state index contributed by atoms with van der Waals surface area (Å²) in [4.78, 5) is 45.7. The Balaban J connectivity index is 1.45. The summed E-state index contributed by atoms with van der Waals surface area (Å²) < 4.78 is 12.9. The maximum Gasteiger partial charge on any atom is 0.339 e. The lowest BCUT2D eigenvalue weighted by molar-refractivity contribution is -0.145. The first-order valence-corrected chi connectivity index (χ1v) is 11.8. The van der Waals surface area contributed by atoms with Gasteiger partial charge >= 0.3 is 5.97 Å². The summed E-state index contributed by atoms with van der Waals surface area (Å²) in [5.74, 6) is -0.148. The van der Waals surface area contributed by atoms with Crippen molar-refractivity contribution in [1.82, 2.24) is 14.5 Å². The topological polar surface area (TPSA) is 90.7 Å². The summed E-state index contributed by atoms with van der Waals surface area (Å²) in [6.45, 7) is 2.49. The van der Waals surface area contributed by atoms with Gasteiger partial charge in [-0.25, -0.2) is 9.78 Å². The smallest absolute Gasteiger partial charge is 0.339 e. The first-order valence-electron chi connectivity index (χ1n) is 11.8. The summed E-state index contributed by atoms with van der Waals surface area (Å²) in [6, 6.07) is 13.8. The molecule has 1 unspecified atom stereocenters. The van der Waals surface area contributed by atoms with Gasteiger partial charge in [0.2, 0.25) is 6.10 Å². The zero-order chi connectivity index (χ0) is 23.5. The van der Waals surface area contributed by atoms with E-state index in [0.29, 0.717) is 49.3 Å². The molecule has 1 saturated heterocycles. The minimum Gasteiger partial charge on any atom is -0.444 e. The number of carbonyl (C=O) groups excluding carboxylic acids is 2. The maximum atomic E-state index is 13.3. The van der Waals surface area contributed by atoms with Crippen molar-refractivity contribution < 1.29 is 19.1 Å². The molecule has 176 valence electrons. The molecule has 0 aliphatic carbocycles. The number of aromatic nitrogens is 2. The van der Waals surface area contributed by atoms with Gasteiger partial charge in [-0.3, -0.25) is 14.2 Å². The van der Waals surface area contributed by atoms with Crippen LogP contribution in [0, 0.1) is 0 Å². The predicted octanol–water partition coefficient (Wildman–Crippen LogP) is 2.88. The van der Waals surface area contributed by atoms with Crippen LogP contribution in [0.4, 0.5) is 0 Å². The number of morpholine rings is 1. The van der Waals surface area contributed by atoms with Crippen molar-refractivity contribution in [3.8, 4) is 0 Å². The number of rotatable bonds is 4. The highest BCUT2D eigenvalue weighted by molar-refractivity contribution is 5.96. The van der Waals surface area contributed by atoms with Gasteiger partial charge in [0, 0.05) is 31.6 Å². The Kier molecular flexibility index (Phi) is 6.40. The van der Waals surface area contributed by atoms with Gasteiger partial charge in [-0.05, 0) is 31.0 Å². The van der Waals surface area contributed by atoms with Gasteiger partial charge in [-0.2, -0.15) is 0 Å². The van der Waals surface area contributed by atoms with Gasteiger partial charge in [-0.1, -0.05) is 36.8 Å². The minimum atomic E-state index is -1.06. The second kappa shape index (κ2) is 9.77. The summed E-state index contributed by atoms with van der Waals surface area (Å²) in [7, 11) is 0. The molecule has 0 bridgehead atoms. The molecule has 0 saturated carbocycles. The lowest BCUT2D eigenvalue weighted by atomic mass is 10.1. The summed E-state index contributed by atoms with van der Waals surface area (Å²) in [5.41, 5.74) is 1.26. The highest BCUT2D eigenvalue weighted by Gasteiger charge is 2.31. The Morgan fingerprint density at radius 1 is 0.971 bits per heavy atom. The molecule has 1 amide bonds. The molecule has 3 aromatic rings. The maximum absolute atomic E-state index is 13.3. The number of aryl methyl sites for hydroxylation is 1. The van der Waals surface area contributed by atoms with Crippen molar-refractivity contribution >= 4 is 22.8 Å². The van der Waals surface area contributed by atoms with Crippen LogP contribution in [0.1, 0.15) is 47.1 Å². The molecule has 3 heterocycles. The van der Waals surface area contributed by atoms with Crippen LogP contribution < -0.4 is 5.56 Å². The largest absolute Gasteiger partial charge is 0.444 e. The number of hydrogen-bond acceptors (Lipinski definition) is 6. The van der Waals surface area contributed by atoms with Crippen LogP contribution in [0.5, 0.6) is 0 Å². The number of carbonyl (C=O) groups is 2. The van der Waals surface area contributed by atoms with E-state index >= 15 is 0 Å². The van der Waals surface area contributed by atoms with E-state index in [-0.39, 0.29) is 17.0 Å². The molecule has 0 radical (unpaired) electrons. The number of fused-ring (bicyclic) bond motifs is 2. The average Bonchev–Trinajstić information content (AvgIpc) is 3.13. The first kappa shape index (κ1) is 22.3. The lowest BCUT2D eigenvalue weighted by Gasteiger charge is -2.30. The Morgan fingerprint density at radius 3 is 2.56 bits per heavy atom. The van der Waals surface area contributed by atoms with Crippen LogP contribution in [0.15, 0.2) is 53.3 Å². The Hall–Kier alpha value is -3.52. The second-order valence-electron chi connectivity index (χ2n) is 8.66. The number of ether oxygens (including phenoxy) is 2. The van der Waals surface area contributed by atoms with Gasteiger partial charge in [-0.15, -0.1) is 0 Å². The SMILES string of the molecule is O=C(OC(C(=O)N1CCOCC1)c1ccccc1)c1ccc2c(=O)n3c(nc2c1)CCCCC3. The molecule has 2 aliphatic rings. The summed E-state index contributed by atoms with van der Waals surface area (Å²) in [5, 5.41) is 0.478. The Bertz CT molecular complexity index is 1260. The van der Waals surface area contributed by atoms with Crippen LogP contribution in [0.3, 0.4) is 0 Å². The van der Waals surface area contributed by atoms with Crippen molar-refractivity contribution in [2.24, 2.45) is 0 Å². The van der Waals surface area contributed by atoms with Crippen LogP contribution in [0.2, 0.25) is 0 Å². The molecule has 34 heavy (non-hydrogen) atoms. The highest BCUT2D eigenvalue weighted by Crippen LogP contribution is 2.24. The van der Waals surface area contributed by atoms with E-state index in [9.17, 15) is 14.4 Å². The van der Waals surface area contributed by atoms with Gasteiger partial charge in [0.1, 0.15) is 5.82 Å². The van der Waals surface area contributed by atoms with E-state index in [2.05, 4.69) is 0 Å². The van der Waals surface area contributed by atoms with E-state index in [4.69, 9.17) is 14.5 Å². The lowest BCUT2D eigenvalue weighted by Crippen LogP contribution is -2.44. The van der Waals surface area contributed by atoms with Crippen molar-refractivity contribution in [2.45, 2.75) is 38.3 Å². The van der Waals surface area contributed by atoms with Crippen LogP contribution in [0.25, 0.3) is 10.9 Å². The van der Waals surface area contributed by atoms with Crippen molar-refractivity contribution in [3.63, 3.8) is 0 Å². The van der Waals surface area contributed by atoms with E-state index in [1.165, 1.54) is 0 Å². The standard InChI is InChI=1S/C26H27N3O5/c30-24-20-11-10-19(17-21(20)27-22-9-5-2-6-12-29(22)24)26(32)34-23(18-7-3-1-4-8-18)25(31)28-13-15-33-16-14-28/h1,3-4,7-8,10-11,17,23H,2,5-6,9,12-16H2. The van der Waals surface area contributed by atoms with Crippen molar-refractivity contribution in [2.75, 3.05) is 26.3 Å². The van der Waals surface area contributed by atoms with Crippen LogP contribution in [-0.4, -0.2) is 52.6 Å².